The SMILES string of the molecule is CCC(C)(C)OC(C)C(=O)c1ccc(OC)cc1. The van der Waals surface area contributed by atoms with E-state index in [1.54, 1.807) is 38.3 Å². The average Bonchev–Trinajstić information content (AvgIpc) is 2.37. The molecule has 0 aliphatic carbocycles. The summed E-state index contributed by atoms with van der Waals surface area (Å²) in [5.74, 6) is 0.744. The van der Waals surface area contributed by atoms with Crippen LogP contribution < -0.4 is 4.74 Å². The standard InChI is InChI=1S/C15H22O3/c1-6-15(3,4)18-11(2)14(16)12-7-9-13(17-5)10-8-12/h7-11H,6H2,1-5H3. The molecular weight excluding hydrogens is 228 g/mol. The number of Topliss-reactive ketones (excluding diaryl/α,β-unsaturated/α-hetero) is 1. The predicted octanol–water partition coefficient (Wildman–Crippen LogP) is 3.47. The van der Waals surface area contributed by atoms with Crippen LogP contribution in [-0.4, -0.2) is 24.6 Å². The third-order valence-electron chi connectivity index (χ3n) is 3.09. The Bertz CT molecular complexity index is 393. The van der Waals surface area contributed by atoms with E-state index < -0.39 is 6.10 Å². The van der Waals surface area contributed by atoms with Gasteiger partial charge >= 0.3 is 0 Å². The summed E-state index contributed by atoms with van der Waals surface area (Å²) in [7, 11) is 1.60. The summed E-state index contributed by atoms with van der Waals surface area (Å²) in [6, 6.07) is 7.09. The van der Waals surface area contributed by atoms with Gasteiger partial charge in [-0.15, -0.1) is 0 Å². The number of methoxy groups -OCH3 is 1. The first-order valence-corrected chi connectivity index (χ1v) is 6.25. The Morgan fingerprint density at radius 1 is 1.28 bits per heavy atom. The maximum absolute atomic E-state index is 12.2. The Balaban J connectivity index is 2.74. The van der Waals surface area contributed by atoms with Crippen molar-refractivity contribution in [3.8, 4) is 5.75 Å². The zero-order chi connectivity index (χ0) is 13.8. The molecule has 3 heteroatoms. The van der Waals surface area contributed by atoms with E-state index in [0.717, 1.165) is 12.2 Å². The van der Waals surface area contributed by atoms with Crippen LogP contribution in [0.25, 0.3) is 0 Å². The van der Waals surface area contributed by atoms with E-state index in [1.165, 1.54) is 0 Å². The van der Waals surface area contributed by atoms with E-state index >= 15 is 0 Å². The normalized spacial score (nSPS) is 13.2. The van der Waals surface area contributed by atoms with Crippen LogP contribution in [0.2, 0.25) is 0 Å². The van der Waals surface area contributed by atoms with Crippen LogP contribution in [-0.2, 0) is 4.74 Å². The molecule has 0 heterocycles. The molecule has 1 aromatic carbocycles. The highest BCUT2D eigenvalue weighted by Crippen LogP contribution is 2.19. The molecule has 0 bridgehead atoms. The summed E-state index contributed by atoms with van der Waals surface area (Å²) in [5.41, 5.74) is 0.372. The van der Waals surface area contributed by atoms with Crippen LogP contribution in [0.3, 0.4) is 0 Å². The van der Waals surface area contributed by atoms with Crippen LogP contribution in [0.4, 0.5) is 0 Å². The summed E-state index contributed by atoms with van der Waals surface area (Å²) < 4.78 is 10.8. The first kappa shape index (κ1) is 14.7. The Kier molecular flexibility index (Phi) is 4.91. The molecule has 0 aliphatic rings. The molecule has 0 radical (unpaired) electrons. The van der Waals surface area contributed by atoms with Gasteiger partial charge in [-0.2, -0.15) is 0 Å². The molecule has 0 N–H and O–H groups in total. The van der Waals surface area contributed by atoms with Gasteiger partial charge in [-0.25, -0.2) is 0 Å². The van der Waals surface area contributed by atoms with Crippen molar-refractivity contribution in [2.24, 2.45) is 0 Å². The van der Waals surface area contributed by atoms with Crippen molar-refractivity contribution in [1.82, 2.24) is 0 Å². The summed E-state index contributed by atoms with van der Waals surface area (Å²) in [6.07, 6.45) is 0.432. The van der Waals surface area contributed by atoms with Crippen molar-refractivity contribution in [2.75, 3.05) is 7.11 Å². The highest BCUT2D eigenvalue weighted by Gasteiger charge is 2.24. The third-order valence-corrected chi connectivity index (χ3v) is 3.09. The smallest absolute Gasteiger partial charge is 0.191 e. The molecule has 0 aliphatic heterocycles. The summed E-state index contributed by atoms with van der Waals surface area (Å²) in [6.45, 7) is 7.82. The lowest BCUT2D eigenvalue weighted by Gasteiger charge is -2.27. The van der Waals surface area contributed by atoms with Crippen molar-refractivity contribution >= 4 is 5.78 Å². The Morgan fingerprint density at radius 3 is 2.28 bits per heavy atom. The van der Waals surface area contributed by atoms with Gasteiger partial charge in [0.1, 0.15) is 11.9 Å². The molecule has 100 valence electrons. The molecule has 1 rings (SSSR count). The van der Waals surface area contributed by atoms with E-state index in [-0.39, 0.29) is 11.4 Å². The Hall–Kier alpha value is -1.35. The molecule has 1 aromatic rings. The highest BCUT2D eigenvalue weighted by atomic mass is 16.5. The van der Waals surface area contributed by atoms with Crippen molar-refractivity contribution < 1.29 is 14.3 Å². The second kappa shape index (κ2) is 6.01. The zero-order valence-electron chi connectivity index (χ0n) is 11.8. The lowest BCUT2D eigenvalue weighted by atomic mass is 10.0. The summed E-state index contributed by atoms with van der Waals surface area (Å²) in [4.78, 5) is 12.2. The van der Waals surface area contributed by atoms with Crippen molar-refractivity contribution in [3.63, 3.8) is 0 Å². The lowest BCUT2D eigenvalue weighted by molar-refractivity contribution is -0.0517. The second-order valence-electron chi connectivity index (χ2n) is 4.97. The molecule has 0 amide bonds. The minimum Gasteiger partial charge on any atom is -0.497 e. The number of carbonyl (C=O) groups is 1. The zero-order valence-corrected chi connectivity index (χ0v) is 11.8. The molecular formula is C15H22O3. The first-order chi connectivity index (χ1) is 8.39. The number of hydrogen-bond donors (Lipinski definition) is 0. The van der Waals surface area contributed by atoms with Crippen LogP contribution >= 0.6 is 0 Å². The average molecular weight is 250 g/mol. The van der Waals surface area contributed by atoms with E-state index in [0.29, 0.717) is 5.56 Å². The molecule has 0 saturated heterocycles. The van der Waals surface area contributed by atoms with Gasteiger partial charge in [0.2, 0.25) is 0 Å². The van der Waals surface area contributed by atoms with Gasteiger partial charge in [-0.3, -0.25) is 4.79 Å². The van der Waals surface area contributed by atoms with Crippen molar-refractivity contribution in [2.45, 2.75) is 45.8 Å². The maximum atomic E-state index is 12.2. The molecule has 0 aromatic heterocycles. The molecule has 0 spiro atoms. The topological polar surface area (TPSA) is 35.5 Å². The number of ether oxygens (including phenoxy) is 2. The van der Waals surface area contributed by atoms with Gasteiger partial charge in [0.15, 0.2) is 5.78 Å². The number of ketones is 1. The number of benzene rings is 1. The fourth-order valence-corrected chi connectivity index (χ4v) is 1.61. The minimum absolute atomic E-state index is 0.000761. The number of carbonyl (C=O) groups excluding carboxylic acids is 1. The first-order valence-electron chi connectivity index (χ1n) is 6.25. The molecule has 1 atom stereocenters. The van der Waals surface area contributed by atoms with Crippen LogP contribution in [0.1, 0.15) is 44.5 Å². The molecule has 3 nitrogen and oxygen atoms in total. The van der Waals surface area contributed by atoms with E-state index in [2.05, 4.69) is 0 Å². The van der Waals surface area contributed by atoms with Crippen molar-refractivity contribution in [1.29, 1.82) is 0 Å². The van der Waals surface area contributed by atoms with Crippen LogP contribution in [0.5, 0.6) is 5.75 Å². The fraction of sp³-hybridized carbons (Fsp3) is 0.533. The number of hydrogen-bond acceptors (Lipinski definition) is 3. The highest BCUT2D eigenvalue weighted by molar-refractivity contribution is 5.99. The van der Waals surface area contributed by atoms with E-state index in [1.807, 2.05) is 20.8 Å². The van der Waals surface area contributed by atoms with E-state index in [9.17, 15) is 4.79 Å². The summed E-state index contributed by atoms with van der Waals surface area (Å²) >= 11 is 0. The third kappa shape index (κ3) is 3.84. The monoisotopic (exact) mass is 250 g/mol. The molecule has 0 fully saturated rings. The van der Waals surface area contributed by atoms with E-state index in [4.69, 9.17) is 9.47 Å². The maximum Gasteiger partial charge on any atom is 0.191 e. The number of rotatable bonds is 6. The van der Waals surface area contributed by atoms with Gasteiger partial charge in [0, 0.05) is 5.56 Å². The largest absolute Gasteiger partial charge is 0.497 e. The van der Waals surface area contributed by atoms with Crippen LogP contribution in [0, 0.1) is 0 Å². The Morgan fingerprint density at radius 2 is 1.83 bits per heavy atom. The quantitative estimate of drug-likeness (QED) is 0.725. The van der Waals surface area contributed by atoms with Crippen LogP contribution in [0.15, 0.2) is 24.3 Å². The van der Waals surface area contributed by atoms with Gasteiger partial charge in [0.05, 0.1) is 12.7 Å². The lowest BCUT2D eigenvalue weighted by Crippen LogP contribution is -2.33. The van der Waals surface area contributed by atoms with Gasteiger partial charge < -0.3 is 9.47 Å². The predicted molar refractivity (Wildman–Crippen MR) is 72.2 cm³/mol. The molecule has 0 saturated carbocycles. The second-order valence-corrected chi connectivity index (χ2v) is 4.97. The molecule has 1 unspecified atom stereocenters. The summed E-state index contributed by atoms with van der Waals surface area (Å²) in [5, 5.41) is 0. The van der Waals surface area contributed by atoms with Gasteiger partial charge in [-0.05, 0) is 51.5 Å². The minimum atomic E-state index is -0.437. The van der Waals surface area contributed by atoms with Gasteiger partial charge in [0.25, 0.3) is 0 Å². The fourth-order valence-electron chi connectivity index (χ4n) is 1.61. The Labute approximate surface area is 109 Å². The van der Waals surface area contributed by atoms with Crippen molar-refractivity contribution in [3.05, 3.63) is 29.8 Å². The molecule has 18 heavy (non-hydrogen) atoms. The van der Waals surface area contributed by atoms with Gasteiger partial charge in [-0.1, -0.05) is 6.92 Å².